The lowest BCUT2D eigenvalue weighted by atomic mass is 9.92. The summed E-state index contributed by atoms with van der Waals surface area (Å²) in [6.45, 7) is 1.79. The second kappa shape index (κ2) is 6.05. The van der Waals surface area contributed by atoms with Crippen LogP contribution < -0.4 is 5.32 Å². The van der Waals surface area contributed by atoms with Crippen LogP contribution in [0.25, 0.3) is 16.6 Å². The molecule has 2 aliphatic rings. The van der Waals surface area contributed by atoms with Crippen LogP contribution in [0.15, 0.2) is 18.3 Å². The van der Waals surface area contributed by atoms with Crippen LogP contribution in [0, 0.1) is 0 Å². The lowest BCUT2D eigenvalue weighted by molar-refractivity contribution is -0.137. The van der Waals surface area contributed by atoms with Crippen molar-refractivity contribution in [2.45, 2.75) is 37.9 Å². The minimum Gasteiger partial charge on any atom is -0.381 e. The number of nitrogens with one attached hydrogen (secondary N) is 2. The molecule has 4 rings (SSSR count). The zero-order valence-electron chi connectivity index (χ0n) is 14.1. The zero-order valence-corrected chi connectivity index (χ0v) is 14.1. The van der Waals surface area contributed by atoms with E-state index in [0.717, 1.165) is 56.2 Å². The van der Waals surface area contributed by atoms with Gasteiger partial charge in [0.1, 0.15) is 5.65 Å². The second-order valence-corrected chi connectivity index (χ2v) is 7.00. The monoisotopic (exact) mass is 350 g/mol. The fourth-order valence-corrected chi connectivity index (χ4v) is 3.39. The molecule has 3 heterocycles. The Balaban J connectivity index is 1.79. The van der Waals surface area contributed by atoms with Gasteiger partial charge in [-0.15, -0.1) is 0 Å². The highest BCUT2D eigenvalue weighted by Gasteiger charge is 2.36. The number of anilines is 1. The van der Waals surface area contributed by atoms with E-state index in [0.29, 0.717) is 11.0 Å². The molecule has 0 amide bonds. The molecule has 1 fully saturated rings. The molecule has 1 aliphatic carbocycles. The predicted molar refractivity (Wildman–Crippen MR) is 92.4 cm³/mol. The lowest BCUT2D eigenvalue weighted by Gasteiger charge is -2.29. The topological polar surface area (TPSA) is 44.0 Å². The predicted octanol–water partition coefficient (Wildman–Crippen LogP) is 4.27. The number of pyridine rings is 1. The van der Waals surface area contributed by atoms with Gasteiger partial charge in [-0.3, -0.25) is 0 Å². The highest BCUT2D eigenvalue weighted by Crippen LogP contribution is 2.40. The first-order valence-corrected chi connectivity index (χ1v) is 8.65. The van der Waals surface area contributed by atoms with Crippen LogP contribution in [0.1, 0.15) is 36.9 Å². The largest absolute Gasteiger partial charge is 0.419 e. The molecule has 0 bridgehead atoms. The third kappa shape index (κ3) is 3.13. The Bertz CT molecular complexity index is 818. The van der Waals surface area contributed by atoms with Crippen molar-refractivity contribution >= 4 is 22.3 Å². The number of hydrogen-bond acceptors (Lipinski definition) is 3. The molecule has 0 unspecified atom stereocenters. The molecule has 0 saturated heterocycles. The summed E-state index contributed by atoms with van der Waals surface area (Å²) >= 11 is 0. The van der Waals surface area contributed by atoms with Gasteiger partial charge in [0.15, 0.2) is 0 Å². The Labute approximate surface area is 144 Å². The van der Waals surface area contributed by atoms with Crippen molar-refractivity contribution in [3.05, 3.63) is 29.6 Å². The zero-order chi connectivity index (χ0) is 17.6. The molecule has 2 aromatic rings. The first-order chi connectivity index (χ1) is 11.9. The SMILES string of the molecule is CN1CC=C(c2cc3c(NC4CCC4)c(C(F)(F)F)cnc3[nH]2)CC1. The number of aromatic nitrogens is 2. The molecule has 2 aromatic heterocycles. The smallest absolute Gasteiger partial charge is 0.381 e. The molecule has 7 heteroatoms. The molecule has 1 saturated carbocycles. The standard InChI is InChI=1S/C18H21F3N4/c1-25-7-5-11(6-8-25)15-9-13-16(23-12-3-2-4-12)14(18(19,20)21)10-22-17(13)24-15/h5,9-10,12H,2-4,6-8H2,1H3,(H2,22,23,24). The number of hydrogen-bond donors (Lipinski definition) is 2. The quantitative estimate of drug-likeness (QED) is 0.869. The highest BCUT2D eigenvalue weighted by molar-refractivity contribution is 5.94. The molecule has 4 nitrogen and oxygen atoms in total. The summed E-state index contributed by atoms with van der Waals surface area (Å²) in [5, 5.41) is 3.64. The minimum absolute atomic E-state index is 0.118. The van der Waals surface area contributed by atoms with Crippen molar-refractivity contribution in [1.29, 1.82) is 0 Å². The summed E-state index contributed by atoms with van der Waals surface area (Å²) in [7, 11) is 2.05. The van der Waals surface area contributed by atoms with Crippen molar-refractivity contribution in [2.75, 3.05) is 25.5 Å². The van der Waals surface area contributed by atoms with Crippen LogP contribution in [0.3, 0.4) is 0 Å². The summed E-state index contributed by atoms with van der Waals surface area (Å²) in [6, 6.07) is 1.93. The summed E-state index contributed by atoms with van der Waals surface area (Å²) in [6.07, 6.45) is 2.40. The number of rotatable bonds is 3. The van der Waals surface area contributed by atoms with Gasteiger partial charge < -0.3 is 15.2 Å². The fraction of sp³-hybridized carbons (Fsp3) is 0.500. The molecule has 0 spiro atoms. The van der Waals surface area contributed by atoms with Gasteiger partial charge in [0, 0.05) is 36.4 Å². The fourth-order valence-electron chi connectivity index (χ4n) is 3.39. The maximum atomic E-state index is 13.4. The van der Waals surface area contributed by atoms with Gasteiger partial charge >= 0.3 is 6.18 Å². The van der Waals surface area contributed by atoms with E-state index in [2.05, 4.69) is 33.3 Å². The van der Waals surface area contributed by atoms with Crippen molar-refractivity contribution in [1.82, 2.24) is 14.9 Å². The van der Waals surface area contributed by atoms with Gasteiger partial charge in [-0.05, 0) is 44.4 Å². The van der Waals surface area contributed by atoms with Crippen molar-refractivity contribution < 1.29 is 13.2 Å². The van der Waals surface area contributed by atoms with Crippen molar-refractivity contribution in [2.24, 2.45) is 0 Å². The van der Waals surface area contributed by atoms with Gasteiger partial charge in [0.05, 0.1) is 11.3 Å². The molecule has 2 N–H and O–H groups in total. The second-order valence-electron chi connectivity index (χ2n) is 7.00. The van der Waals surface area contributed by atoms with E-state index in [4.69, 9.17) is 0 Å². The number of alkyl halides is 3. The highest BCUT2D eigenvalue weighted by atomic mass is 19.4. The maximum Gasteiger partial charge on any atom is 0.419 e. The van der Waals surface area contributed by atoms with Crippen LogP contribution in [0.4, 0.5) is 18.9 Å². The van der Waals surface area contributed by atoms with Crippen molar-refractivity contribution in [3.63, 3.8) is 0 Å². The summed E-state index contributed by atoms with van der Waals surface area (Å²) in [4.78, 5) is 9.44. The number of fused-ring (bicyclic) bond motifs is 1. The van der Waals surface area contributed by atoms with E-state index in [-0.39, 0.29) is 11.7 Å². The molecular weight excluding hydrogens is 329 g/mol. The maximum absolute atomic E-state index is 13.4. The molecule has 134 valence electrons. The summed E-state index contributed by atoms with van der Waals surface area (Å²) < 4.78 is 40.3. The first kappa shape index (κ1) is 16.4. The normalized spacial score (nSPS) is 19.8. The average molecular weight is 350 g/mol. The first-order valence-electron chi connectivity index (χ1n) is 8.65. The molecule has 25 heavy (non-hydrogen) atoms. The third-order valence-electron chi connectivity index (χ3n) is 5.18. The number of halogens is 3. The Hall–Kier alpha value is -2.02. The Kier molecular flexibility index (Phi) is 3.98. The van der Waals surface area contributed by atoms with Crippen LogP contribution >= 0.6 is 0 Å². The van der Waals surface area contributed by atoms with E-state index in [1.807, 2.05) is 6.07 Å². The Morgan fingerprint density at radius 3 is 2.72 bits per heavy atom. The third-order valence-corrected chi connectivity index (χ3v) is 5.18. The van der Waals surface area contributed by atoms with Gasteiger partial charge in [0.25, 0.3) is 0 Å². The number of nitrogens with zero attached hydrogens (tertiary/aromatic N) is 2. The number of aromatic amines is 1. The molecule has 0 radical (unpaired) electrons. The molecule has 0 aromatic carbocycles. The Morgan fingerprint density at radius 1 is 1.32 bits per heavy atom. The van der Waals surface area contributed by atoms with Gasteiger partial charge in [-0.25, -0.2) is 4.98 Å². The van der Waals surface area contributed by atoms with Gasteiger partial charge in [-0.2, -0.15) is 13.2 Å². The average Bonchev–Trinajstić information content (AvgIpc) is 2.94. The van der Waals surface area contributed by atoms with E-state index >= 15 is 0 Å². The summed E-state index contributed by atoms with van der Waals surface area (Å²) in [5.74, 6) is 0. The minimum atomic E-state index is -4.42. The molecule has 1 aliphatic heterocycles. The molecule has 0 atom stereocenters. The van der Waals surface area contributed by atoms with Crippen LogP contribution in [-0.2, 0) is 6.18 Å². The Morgan fingerprint density at radius 2 is 2.12 bits per heavy atom. The number of H-pyrrole nitrogens is 1. The molecular formula is C18H21F3N4. The van der Waals surface area contributed by atoms with E-state index in [1.165, 1.54) is 0 Å². The van der Waals surface area contributed by atoms with Gasteiger partial charge in [-0.1, -0.05) is 6.08 Å². The van der Waals surface area contributed by atoms with Gasteiger partial charge in [0.2, 0.25) is 0 Å². The van der Waals surface area contributed by atoms with E-state index in [1.54, 1.807) is 0 Å². The van der Waals surface area contributed by atoms with Crippen LogP contribution in [0.2, 0.25) is 0 Å². The summed E-state index contributed by atoms with van der Waals surface area (Å²) in [5.41, 5.74) is 1.99. The van der Waals surface area contributed by atoms with E-state index < -0.39 is 11.7 Å². The van der Waals surface area contributed by atoms with Crippen LogP contribution in [0.5, 0.6) is 0 Å². The number of likely N-dealkylation sites (N-methyl/N-ethyl adjacent to an activating group) is 1. The lowest BCUT2D eigenvalue weighted by Crippen LogP contribution is -2.28. The van der Waals surface area contributed by atoms with Crippen LogP contribution in [-0.4, -0.2) is 41.0 Å². The van der Waals surface area contributed by atoms with Crippen molar-refractivity contribution in [3.8, 4) is 0 Å². The van der Waals surface area contributed by atoms with E-state index in [9.17, 15) is 13.2 Å².